The van der Waals surface area contributed by atoms with Gasteiger partial charge < -0.3 is 14.3 Å². The minimum atomic E-state index is -4.21. The van der Waals surface area contributed by atoms with Crippen LogP contribution in [0.4, 0.5) is 9.59 Å². The minimum Gasteiger partial charge on any atom is -0.444 e. The summed E-state index contributed by atoms with van der Waals surface area (Å²) < 4.78 is 35.5. The van der Waals surface area contributed by atoms with Gasteiger partial charge >= 0.3 is 12.2 Å². The van der Waals surface area contributed by atoms with Gasteiger partial charge in [-0.2, -0.15) is 0 Å². The number of aldehydes is 1. The number of ether oxygens (including phenoxy) is 2. The molecule has 0 aromatic heterocycles. The summed E-state index contributed by atoms with van der Waals surface area (Å²) in [6.07, 6.45) is 3.89. The normalized spacial score (nSPS) is 22.0. The molecular weight excluding hydrogens is 388 g/mol. The molecule has 0 bridgehead atoms. The highest BCUT2D eigenvalue weighted by molar-refractivity contribution is 7.88. The molecule has 0 radical (unpaired) electrons. The predicted octanol–water partition coefficient (Wildman–Crippen LogP) is 2.42. The summed E-state index contributed by atoms with van der Waals surface area (Å²) in [5, 5.41) is 0.254. The van der Waals surface area contributed by atoms with E-state index in [0.717, 1.165) is 11.8 Å². The van der Waals surface area contributed by atoms with Crippen molar-refractivity contribution < 1.29 is 32.3 Å². The highest BCUT2D eigenvalue weighted by Crippen LogP contribution is 2.38. The smallest absolute Gasteiger partial charge is 0.435 e. The number of carbonyl (C=O) groups is 3. The third kappa shape index (κ3) is 5.52. The van der Waals surface area contributed by atoms with E-state index < -0.39 is 33.7 Å². The molecule has 0 aromatic rings. The quantitative estimate of drug-likeness (QED) is 0.341. The van der Waals surface area contributed by atoms with Crippen LogP contribution < -0.4 is 0 Å². The number of carbonyl (C=O) groups excluding carboxylic acids is 3. The van der Waals surface area contributed by atoms with Crippen molar-refractivity contribution in [2.45, 2.75) is 32.7 Å². The van der Waals surface area contributed by atoms with Crippen molar-refractivity contribution in [3.05, 3.63) is 37.0 Å². The van der Waals surface area contributed by atoms with Crippen LogP contribution >= 0.6 is 0 Å². The molecular formula is C18H26N2O7S. The number of hydrogen-bond acceptors (Lipinski definition) is 7. The number of imide groups is 1. The second-order valence-electron chi connectivity index (χ2n) is 6.66. The SMILES string of the molecule is C=CCOC(=O)N(C(=O)OCC=C)N([C@@H]1C=C(C)CC[C@@]1(C)C=O)S(C)(=O)=O. The zero-order valence-corrected chi connectivity index (χ0v) is 17.1. The fourth-order valence-corrected chi connectivity index (χ4v) is 3.84. The molecule has 2 amide bonds. The van der Waals surface area contributed by atoms with Crippen LogP contribution in [-0.2, 0) is 24.3 Å². The molecule has 10 heteroatoms. The first-order chi connectivity index (χ1) is 13.0. The first kappa shape index (κ1) is 23.6. The molecule has 28 heavy (non-hydrogen) atoms. The van der Waals surface area contributed by atoms with Gasteiger partial charge in [0.05, 0.1) is 12.3 Å². The number of hydrogen-bond donors (Lipinski definition) is 0. The highest BCUT2D eigenvalue weighted by Gasteiger charge is 2.49. The van der Waals surface area contributed by atoms with Gasteiger partial charge in [0.25, 0.3) is 0 Å². The summed E-state index contributed by atoms with van der Waals surface area (Å²) in [5.74, 6) is 0. The standard InChI is InChI=1S/C18H26N2O7S/c1-6-10-26-16(22)19(17(23)27-11-7-2)20(28(5,24)25)15-12-14(3)8-9-18(15,4)13-21/h6-7,12-13,15H,1-2,8-11H2,3-5H3/t15-,18+/m1/s1. The maximum Gasteiger partial charge on any atom is 0.435 e. The Morgan fingerprint density at radius 3 is 2.14 bits per heavy atom. The third-order valence-corrected chi connectivity index (χ3v) is 5.29. The molecule has 1 aliphatic carbocycles. The van der Waals surface area contributed by atoms with Gasteiger partial charge in [-0.05, 0) is 19.8 Å². The molecule has 0 unspecified atom stereocenters. The number of rotatable bonds is 8. The van der Waals surface area contributed by atoms with Crippen molar-refractivity contribution in [2.75, 3.05) is 19.5 Å². The highest BCUT2D eigenvalue weighted by atomic mass is 32.2. The van der Waals surface area contributed by atoms with Crippen molar-refractivity contribution in [2.24, 2.45) is 5.41 Å². The van der Waals surface area contributed by atoms with Gasteiger partial charge in [0.15, 0.2) is 0 Å². The molecule has 0 fully saturated rings. The predicted molar refractivity (Wildman–Crippen MR) is 103 cm³/mol. The molecule has 1 rings (SSSR count). The maximum atomic E-state index is 12.6. The van der Waals surface area contributed by atoms with Crippen molar-refractivity contribution in [3.8, 4) is 0 Å². The molecule has 0 aliphatic heterocycles. The molecule has 0 saturated carbocycles. The monoisotopic (exact) mass is 414 g/mol. The largest absolute Gasteiger partial charge is 0.444 e. The molecule has 0 spiro atoms. The van der Waals surface area contributed by atoms with Gasteiger partial charge in [-0.1, -0.05) is 48.3 Å². The molecule has 0 saturated heterocycles. The van der Waals surface area contributed by atoms with Crippen LogP contribution in [0.25, 0.3) is 0 Å². The zero-order chi connectivity index (χ0) is 21.5. The molecule has 0 N–H and O–H groups in total. The second-order valence-corrected chi connectivity index (χ2v) is 8.50. The van der Waals surface area contributed by atoms with Gasteiger partial charge in [0, 0.05) is 5.41 Å². The lowest BCUT2D eigenvalue weighted by atomic mass is 9.74. The Kier molecular flexibility index (Phi) is 8.13. The van der Waals surface area contributed by atoms with E-state index in [1.165, 1.54) is 12.2 Å². The Bertz CT molecular complexity index is 751. The maximum absolute atomic E-state index is 12.6. The number of amides is 2. The third-order valence-electron chi connectivity index (χ3n) is 4.22. The molecule has 1 aliphatic rings. The Hall–Kier alpha value is -2.46. The Labute approximate surface area is 165 Å². The molecule has 0 heterocycles. The van der Waals surface area contributed by atoms with E-state index in [9.17, 15) is 22.8 Å². The summed E-state index contributed by atoms with van der Waals surface area (Å²) in [5.41, 5.74) is -0.352. The van der Waals surface area contributed by atoms with Gasteiger partial charge in [0.1, 0.15) is 19.5 Å². The first-order valence-electron chi connectivity index (χ1n) is 8.50. The lowest BCUT2D eigenvalue weighted by Gasteiger charge is -2.43. The van der Waals surface area contributed by atoms with Crippen LogP contribution in [0.3, 0.4) is 0 Å². The van der Waals surface area contributed by atoms with Crippen molar-refractivity contribution in [1.82, 2.24) is 9.42 Å². The summed E-state index contributed by atoms with van der Waals surface area (Å²) in [6.45, 7) is 9.63. The molecule has 0 aromatic carbocycles. The zero-order valence-electron chi connectivity index (χ0n) is 16.3. The second kappa shape index (κ2) is 9.65. The van der Waals surface area contributed by atoms with Crippen LogP contribution in [0.1, 0.15) is 26.7 Å². The number of hydrazine groups is 1. The average molecular weight is 414 g/mol. The Balaban J connectivity index is 3.57. The van der Waals surface area contributed by atoms with E-state index in [1.54, 1.807) is 19.9 Å². The van der Waals surface area contributed by atoms with E-state index >= 15 is 0 Å². The van der Waals surface area contributed by atoms with Crippen LogP contribution in [0, 0.1) is 5.41 Å². The van der Waals surface area contributed by atoms with Gasteiger partial charge in [0.2, 0.25) is 10.0 Å². The lowest BCUT2D eigenvalue weighted by Crippen LogP contribution is -2.61. The summed E-state index contributed by atoms with van der Waals surface area (Å²) in [6, 6.07) is -1.12. The summed E-state index contributed by atoms with van der Waals surface area (Å²) >= 11 is 0. The van der Waals surface area contributed by atoms with Gasteiger partial charge in [-0.15, -0.1) is 5.01 Å². The number of allylic oxidation sites excluding steroid dienone is 1. The van der Waals surface area contributed by atoms with Crippen LogP contribution in [0.5, 0.6) is 0 Å². The van der Waals surface area contributed by atoms with E-state index in [4.69, 9.17) is 9.47 Å². The number of sulfonamides is 1. The molecule has 9 nitrogen and oxygen atoms in total. The fourth-order valence-electron chi connectivity index (χ4n) is 2.70. The van der Waals surface area contributed by atoms with Crippen LogP contribution in [-0.4, -0.2) is 61.8 Å². The molecule has 2 atom stereocenters. The average Bonchev–Trinajstić information content (AvgIpc) is 2.63. The van der Waals surface area contributed by atoms with Gasteiger partial charge in [-0.3, -0.25) is 0 Å². The van der Waals surface area contributed by atoms with Crippen molar-refractivity contribution in [1.29, 1.82) is 0 Å². The van der Waals surface area contributed by atoms with E-state index in [0.29, 0.717) is 23.5 Å². The summed E-state index contributed by atoms with van der Waals surface area (Å²) in [4.78, 5) is 36.9. The van der Waals surface area contributed by atoms with Gasteiger partial charge in [-0.25, -0.2) is 18.0 Å². The van der Waals surface area contributed by atoms with Crippen LogP contribution in [0.15, 0.2) is 37.0 Å². The topological polar surface area (TPSA) is 110 Å². The fraction of sp³-hybridized carbons (Fsp3) is 0.500. The Morgan fingerprint density at radius 1 is 1.25 bits per heavy atom. The first-order valence-corrected chi connectivity index (χ1v) is 10.3. The van der Waals surface area contributed by atoms with E-state index in [2.05, 4.69) is 13.2 Å². The lowest BCUT2D eigenvalue weighted by molar-refractivity contribution is -0.119. The van der Waals surface area contributed by atoms with Crippen molar-refractivity contribution >= 4 is 28.5 Å². The number of nitrogens with zero attached hydrogens (tertiary/aromatic N) is 2. The van der Waals surface area contributed by atoms with Crippen molar-refractivity contribution in [3.63, 3.8) is 0 Å². The Morgan fingerprint density at radius 2 is 1.75 bits per heavy atom. The van der Waals surface area contributed by atoms with Crippen LogP contribution in [0.2, 0.25) is 0 Å². The van der Waals surface area contributed by atoms with E-state index in [1.807, 2.05) is 0 Å². The minimum absolute atomic E-state index is 0.254. The van der Waals surface area contributed by atoms with E-state index in [-0.39, 0.29) is 18.2 Å². The summed E-state index contributed by atoms with van der Waals surface area (Å²) in [7, 11) is -4.21. The molecule has 156 valence electrons.